The highest BCUT2D eigenvalue weighted by molar-refractivity contribution is 5.50. The maximum atomic E-state index is 13.0. The Labute approximate surface area is 153 Å². The zero-order chi connectivity index (χ0) is 17.9. The molecule has 2 atom stereocenters. The van der Waals surface area contributed by atoms with Crippen molar-refractivity contribution in [3.8, 4) is 11.8 Å². The van der Waals surface area contributed by atoms with Crippen LogP contribution in [0, 0.1) is 23.1 Å². The molecule has 4 rings (SSSR count). The van der Waals surface area contributed by atoms with Crippen molar-refractivity contribution in [2.45, 2.75) is 12.5 Å². The average Bonchev–Trinajstić information content (AvgIpc) is 3.10. The first kappa shape index (κ1) is 16.9. The first-order valence-corrected chi connectivity index (χ1v) is 9.09. The van der Waals surface area contributed by atoms with E-state index < -0.39 is 0 Å². The number of ether oxygens (including phenoxy) is 1. The molecule has 0 spiro atoms. The largest absolute Gasteiger partial charge is 0.493 e. The Morgan fingerprint density at radius 3 is 2.54 bits per heavy atom. The van der Waals surface area contributed by atoms with Crippen LogP contribution in [0.25, 0.3) is 0 Å². The topological polar surface area (TPSA) is 39.5 Å². The van der Waals surface area contributed by atoms with Gasteiger partial charge in [0.25, 0.3) is 0 Å². The molecule has 2 aromatic carbocycles. The maximum absolute atomic E-state index is 13.0. The van der Waals surface area contributed by atoms with E-state index in [-0.39, 0.29) is 5.82 Å². The average molecular weight is 351 g/mol. The van der Waals surface area contributed by atoms with Gasteiger partial charge in [-0.25, -0.2) is 4.39 Å². The van der Waals surface area contributed by atoms with E-state index >= 15 is 0 Å². The van der Waals surface area contributed by atoms with E-state index in [1.807, 2.05) is 24.3 Å². The van der Waals surface area contributed by atoms with E-state index in [0.717, 1.165) is 38.3 Å². The fourth-order valence-electron chi connectivity index (χ4n) is 3.99. The van der Waals surface area contributed by atoms with Gasteiger partial charge in [0.05, 0.1) is 18.2 Å². The third-order valence-corrected chi connectivity index (χ3v) is 5.36. The lowest BCUT2D eigenvalue weighted by molar-refractivity contribution is 0.217. The van der Waals surface area contributed by atoms with Crippen molar-refractivity contribution >= 4 is 5.69 Å². The quantitative estimate of drug-likeness (QED) is 0.847. The highest BCUT2D eigenvalue weighted by Gasteiger charge is 2.36. The summed E-state index contributed by atoms with van der Waals surface area (Å²) < 4.78 is 18.8. The maximum Gasteiger partial charge on any atom is 0.123 e. The van der Waals surface area contributed by atoms with Crippen LogP contribution in [-0.2, 0) is 0 Å². The van der Waals surface area contributed by atoms with Gasteiger partial charge < -0.3 is 9.64 Å². The predicted octanol–water partition coefficient (Wildman–Crippen LogP) is 3.29. The monoisotopic (exact) mass is 351 g/mol. The van der Waals surface area contributed by atoms with E-state index in [4.69, 9.17) is 10.00 Å². The molecular weight excluding hydrogens is 329 g/mol. The lowest BCUT2D eigenvalue weighted by Crippen LogP contribution is -2.50. The summed E-state index contributed by atoms with van der Waals surface area (Å²) in [6.45, 7) is 4.81. The molecule has 0 aliphatic carbocycles. The smallest absolute Gasteiger partial charge is 0.123 e. The number of anilines is 1. The van der Waals surface area contributed by atoms with Gasteiger partial charge in [-0.1, -0.05) is 0 Å². The number of nitrogens with zero attached hydrogens (tertiary/aromatic N) is 3. The molecule has 26 heavy (non-hydrogen) atoms. The first-order valence-electron chi connectivity index (χ1n) is 9.09. The molecule has 0 amide bonds. The van der Waals surface area contributed by atoms with Crippen LogP contribution in [0.15, 0.2) is 48.5 Å². The molecule has 2 saturated heterocycles. The summed E-state index contributed by atoms with van der Waals surface area (Å²) in [6.07, 6.45) is 1.12. The van der Waals surface area contributed by atoms with Gasteiger partial charge in [-0.2, -0.15) is 5.26 Å². The van der Waals surface area contributed by atoms with Gasteiger partial charge in [-0.05, 0) is 55.0 Å². The fraction of sp³-hybridized carbons (Fsp3) is 0.381. The predicted molar refractivity (Wildman–Crippen MR) is 98.7 cm³/mol. The van der Waals surface area contributed by atoms with Crippen LogP contribution in [0.2, 0.25) is 0 Å². The molecule has 134 valence electrons. The van der Waals surface area contributed by atoms with Gasteiger partial charge in [-0.15, -0.1) is 0 Å². The molecule has 5 heteroatoms. The minimum absolute atomic E-state index is 0.238. The molecule has 2 aliphatic heterocycles. The second kappa shape index (κ2) is 7.35. The van der Waals surface area contributed by atoms with Crippen LogP contribution in [0.3, 0.4) is 0 Å². The molecular formula is C21H22FN3O. The molecule has 0 aromatic heterocycles. The third kappa shape index (κ3) is 3.66. The Morgan fingerprint density at radius 2 is 1.81 bits per heavy atom. The Kier molecular flexibility index (Phi) is 4.77. The summed E-state index contributed by atoms with van der Waals surface area (Å²) in [4.78, 5) is 4.96. The summed E-state index contributed by atoms with van der Waals surface area (Å²) in [6, 6.07) is 16.8. The van der Waals surface area contributed by atoms with Crippen molar-refractivity contribution in [3.05, 3.63) is 59.9 Å². The second-order valence-corrected chi connectivity index (χ2v) is 7.12. The minimum Gasteiger partial charge on any atom is -0.493 e. The normalized spacial score (nSPS) is 22.7. The number of hydrogen-bond donors (Lipinski definition) is 0. The standard InChI is InChI=1S/C21H22FN3O/c22-18-3-7-21(8-4-18)26-15-17-11-20-14-25(10-9-24(20)13-17)19-5-1-16(12-23)2-6-19/h1-8,17,20H,9-11,13-15H2/t17-,20-/m0/s1. The zero-order valence-electron chi connectivity index (χ0n) is 14.6. The number of piperazine rings is 1. The van der Waals surface area contributed by atoms with Crippen LogP contribution >= 0.6 is 0 Å². The molecule has 4 nitrogen and oxygen atoms in total. The first-order chi connectivity index (χ1) is 12.7. The molecule has 2 aliphatic rings. The summed E-state index contributed by atoms with van der Waals surface area (Å²) in [7, 11) is 0. The molecule has 0 bridgehead atoms. The number of halogens is 1. The van der Waals surface area contributed by atoms with Crippen LogP contribution in [0.5, 0.6) is 5.75 Å². The van der Waals surface area contributed by atoms with E-state index in [9.17, 15) is 4.39 Å². The third-order valence-electron chi connectivity index (χ3n) is 5.36. The number of rotatable bonds is 4. The lowest BCUT2D eigenvalue weighted by Gasteiger charge is -2.38. The SMILES string of the molecule is N#Cc1ccc(N2CCN3C[C@@H](COc4ccc(F)cc4)C[C@H]3C2)cc1. The molecule has 2 fully saturated rings. The molecule has 0 unspecified atom stereocenters. The fourth-order valence-corrected chi connectivity index (χ4v) is 3.99. The summed E-state index contributed by atoms with van der Waals surface area (Å²) in [5, 5.41) is 8.94. The van der Waals surface area contributed by atoms with Gasteiger partial charge in [0.15, 0.2) is 0 Å². The van der Waals surface area contributed by atoms with E-state index in [1.54, 1.807) is 12.1 Å². The van der Waals surface area contributed by atoms with E-state index in [1.165, 1.54) is 17.8 Å². The van der Waals surface area contributed by atoms with Crippen molar-refractivity contribution in [2.24, 2.45) is 5.92 Å². The molecule has 0 N–H and O–H groups in total. The molecule has 0 saturated carbocycles. The zero-order valence-corrected chi connectivity index (χ0v) is 14.6. The van der Waals surface area contributed by atoms with Gasteiger partial charge in [0, 0.05) is 43.8 Å². The van der Waals surface area contributed by atoms with Crippen molar-refractivity contribution in [1.82, 2.24) is 4.90 Å². The van der Waals surface area contributed by atoms with E-state index in [0.29, 0.717) is 24.1 Å². The highest BCUT2D eigenvalue weighted by atomic mass is 19.1. The summed E-state index contributed by atoms with van der Waals surface area (Å²) >= 11 is 0. The number of hydrogen-bond acceptors (Lipinski definition) is 4. The van der Waals surface area contributed by atoms with Crippen LogP contribution in [0.1, 0.15) is 12.0 Å². The molecule has 0 radical (unpaired) electrons. The van der Waals surface area contributed by atoms with Crippen molar-refractivity contribution in [3.63, 3.8) is 0 Å². The van der Waals surface area contributed by atoms with Crippen molar-refractivity contribution in [2.75, 3.05) is 37.7 Å². The Bertz CT molecular complexity index is 784. The number of benzene rings is 2. The van der Waals surface area contributed by atoms with Crippen LogP contribution in [0.4, 0.5) is 10.1 Å². The number of nitriles is 1. The second-order valence-electron chi connectivity index (χ2n) is 7.12. The van der Waals surface area contributed by atoms with Crippen molar-refractivity contribution in [1.29, 1.82) is 5.26 Å². The molecule has 2 heterocycles. The Balaban J connectivity index is 1.32. The van der Waals surface area contributed by atoms with Gasteiger partial charge in [0.2, 0.25) is 0 Å². The molecule has 2 aromatic rings. The number of fused-ring (bicyclic) bond motifs is 1. The minimum atomic E-state index is -0.238. The Morgan fingerprint density at radius 1 is 1.04 bits per heavy atom. The van der Waals surface area contributed by atoms with Gasteiger partial charge in [-0.3, -0.25) is 4.90 Å². The van der Waals surface area contributed by atoms with Crippen LogP contribution in [-0.4, -0.2) is 43.7 Å². The van der Waals surface area contributed by atoms with E-state index in [2.05, 4.69) is 15.9 Å². The summed E-state index contributed by atoms with van der Waals surface area (Å²) in [5.74, 6) is 1.000. The van der Waals surface area contributed by atoms with Gasteiger partial charge in [0.1, 0.15) is 11.6 Å². The highest BCUT2D eigenvalue weighted by Crippen LogP contribution is 2.29. The van der Waals surface area contributed by atoms with Crippen molar-refractivity contribution < 1.29 is 9.13 Å². The van der Waals surface area contributed by atoms with Crippen LogP contribution < -0.4 is 9.64 Å². The Hall–Kier alpha value is -2.58. The summed E-state index contributed by atoms with van der Waals surface area (Å²) in [5.41, 5.74) is 1.89. The lowest BCUT2D eigenvalue weighted by atomic mass is 10.1. The van der Waals surface area contributed by atoms with Gasteiger partial charge >= 0.3 is 0 Å².